The van der Waals surface area contributed by atoms with Crippen molar-refractivity contribution in [1.29, 1.82) is 0 Å². The summed E-state index contributed by atoms with van der Waals surface area (Å²) in [6.07, 6.45) is 0. The standard InChI is InChI=1S/C11H11NO2/c1-7-4-3-5-8-9(13)6-10(14)12(2)11(7)8/h3-6,13H,1-2H3. The minimum atomic E-state index is -0.190. The van der Waals surface area contributed by atoms with Crippen LogP contribution in [-0.2, 0) is 7.05 Å². The number of hydrogen-bond donors (Lipinski definition) is 1. The highest BCUT2D eigenvalue weighted by Gasteiger charge is 2.06. The molecule has 0 spiro atoms. The van der Waals surface area contributed by atoms with Gasteiger partial charge in [-0.25, -0.2) is 0 Å². The van der Waals surface area contributed by atoms with Crippen molar-refractivity contribution in [2.24, 2.45) is 7.05 Å². The Hall–Kier alpha value is -1.77. The summed E-state index contributed by atoms with van der Waals surface area (Å²) in [5.74, 6) is 0.0480. The average molecular weight is 189 g/mol. The van der Waals surface area contributed by atoms with Crippen LogP contribution in [0, 0.1) is 6.92 Å². The number of aryl methyl sites for hydroxylation is 2. The van der Waals surface area contributed by atoms with Crippen molar-refractivity contribution in [2.75, 3.05) is 0 Å². The van der Waals surface area contributed by atoms with Gasteiger partial charge >= 0.3 is 0 Å². The topological polar surface area (TPSA) is 42.2 Å². The number of aromatic nitrogens is 1. The van der Waals surface area contributed by atoms with E-state index in [0.717, 1.165) is 11.1 Å². The van der Waals surface area contributed by atoms with Crippen LogP contribution in [-0.4, -0.2) is 9.67 Å². The Morgan fingerprint density at radius 1 is 1.36 bits per heavy atom. The SMILES string of the molecule is Cc1cccc2c(O)cc(=O)n(C)c12. The van der Waals surface area contributed by atoms with E-state index < -0.39 is 0 Å². The molecule has 1 N–H and O–H groups in total. The van der Waals surface area contributed by atoms with Crippen molar-refractivity contribution in [1.82, 2.24) is 4.57 Å². The molecular weight excluding hydrogens is 178 g/mol. The highest BCUT2D eigenvalue weighted by Crippen LogP contribution is 2.23. The van der Waals surface area contributed by atoms with Gasteiger partial charge < -0.3 is 9.67 Å². The molecule has 0 atom stereocenters. The van der Waals surface area contributed by atoms with Gasteiger partial charge in [0.2, 0.25) is 0 Å². The second-order valence-corrected chi connectivity index (χ2v) is 3.40. The Balaban J connectivity index is 3.11. The Morgan fingerprint density at radius 2 is 2.07 bits per heavy atom. The molecule has 2 aromatic rings. The van der Waals surface area contributed by atoms with Gasteiger partial charge in [-0.15, -0.1) is 0 Å². The van der Waals surface area contributed by atoms with E-state index >= 15 is 0 Å². The zero-order chi connectivity index (χ0) is 10.3. The molecule has 72 valence electrons. The summed E-state index contributed by atoms with van der Waals surface area (Å²) in [7, 11) is 1.71. The monoisotopic (exact) mass is 189 g/mol. The minimum absolute atomic E-state index is 0.0480. The van der Waals surface area contributed by atoms with Crippen molar-refractivity contribution >= 4 is 10.9 Å². The molecule has 3 nitrogen and oxygen atoms in total. The molecule has 1 aromatic heterocycles. The van der Waals surface area contributed by atoms with E-state index in [4.69, 9.17) is 0 Å². The normalized spacial score (nSPS) is 10.7. The van der Waals surface area contributed by atoms with E-state index in [1.807, 2.05) is 19.1 Å². The van der Waals surface area contributed by atoms with E-state index in [1.54, 1.807) is 17.7 Å². The van der Waals surface area contributed by atoms with Crippen molar-refractivity contribution in [3.8, 4) is 5.75 Å². The first-order valence-electron chi connectivity index (χ1n) is 4.39. The molecular formula is C11H11NO2. The van der Waals surface area contributed by atoms with Crippen molar-refractivity contribution < 1.29 is 5.11 Å². The number of aromatic hydroxyl groups is 1. The molecule has 2 rings (SSSR count). The summed E-state index contributed by atoms with van der Waals surface area (Å²) in [5.41, 5.74) is 1.58. The summed E-state index contributed by atoms with van der Waals surface area (Å²) in [4.78, 5) is 11.4. The summed E-state index contributed by atoms with van der Waals surface area (Å²) >= 11 is 0. The van der Waals surface area contributed by atoms with Gasteiger partial charge in [0.05, 0.1) is 5.52 Å². The number of para-hydroxylation sites is 1. The molecule has 0 unspecified atom stereocenters. The van der Waals surface area contributed by atoms with Crippen LogP contribution in [0.5, 0.6) is 5.75 Å². The molecule has 0 bridgehead atoms. The van der Waals surface area contributed by atoms with Gasteiger partial charge in [0, 0.05) is 18.5 Å². The van der Waals surface area contributed by atoms with Crippen molar-refractivity contribution in [3.63, 3.8) is 0 Å². The van der Waals surface area contributed by atoms with Crippen molar-refractivity contribution in [3.05, 3.63) is 40.2 Å². The van der Waals surface area contributed by atoms with Crippen LogP contribution in [0.2, 0.25) is 0 Å². The highest BCUT2D eigenvalue weighted by molar-refractivity contribution is 5.87. The molecule has 0 aliphatic rings. The maximum Gasteiger partial charge on any atom is 0.254 e. The zero-order valence-electron chi connectivity index (χ0n) is 8.11. The first-order valence-corrected chi connectivity index (χ1v) is 4.39. The van der Waals surface area contributed by atoms with Gasteiger partial charge in [0.1, 0.15) is 5.75 Å². The molecule has 0 saturated heterocycles. The lowest BCUT2D eigenvalue weighted by Gasteiger charge is -2.08. The maximum absolute atomic E-state index is 11.4. The van der Waals surface area contributed by atoms with E-state index in [9.17, 15) is 9.90 Å². The molecule has 0 fully saturated rings. The van der Waals surface area contributed by atoms with Crippen LogP contribution in [0.15, 0.2) is 29.1 Å². The second-order valence-electron chi connectivity index (χ2n) is 3.40. The largest absolute Gasteiger partial charge is 0.507 e. The molecule has 0 radical (unpaired) electrons. The van der Waals surface area contributed by atoms with Gasteiger partial charge in [0.25, 0.3) is 5.56 Å². The predicted octanol–water partition coefficient (Wildman–Crippen LogP) is 1.55. The number of pyridine rings is 1. The Bertz CT molecular complexity index is 555. The highest BCUT2D eigenvalue weighted by atomic mass is 16.3. The molecule has 0 saturated carbocycles. The summed E-state index contributed by atoms with van der Waals surface area (Å²) in [6, 6.07) is 6.82. The van der Waals surface area contributed by atoms with Crippen LogP contribution in [0.1, 0.15) is 5.56 Å². The van der Waals surface area contributed by atoms with Gasteiger partial charge in [0.15, 0.2) is 0 Å². The lowest BCUT2D eigenvalue weighted by Crippen LogP contribution is -2.15. The Morgan fingerprint density at radius 3 is 2.79 bits per heavy atom. The number of rotatable bonds is 0. The maximum atomic E-state index is 11.4. The fourth-order valence-electron chi connectivity index (χ4n) is 1.71. The Kier molecular flexibility index (Phi) is 1.81. The lowest BCUT2D eigenvalue weighted by molar-refractivity contribution is 0.479. The van der Waals surface area contributed by atoms with E-state index in [0.29, 0.717) is 5.39 Å². The molecule has 0 aliphatic carbocycles. The summed E-state index contributed by atoms with van der Waals surface area (Å²) in [6.45, 7) is 1.92. The third kappa shape index (κ3) is 1.09. The minimum Gasteiger partial charge on any atom is -0.507 e. The molecule has 0 amide bonds. The molecule has 0 aliphatic heterocycles. The molecule has 1 heterocycles. The van der Waals surface area contributed by atoms with Crippen LogP contribution in [0.4, 0.5) is 0 Å². The van der Waals surface area contributed by atoms with Gasteiger partial charge in [-0.2, -0.15) is 0 Å². The van der Waals surface area contributed by atoms with Gasteiger partial charge in [-0.1, -0.05) is 12.1 Å². The van der Waals surface area contributed by atoms with E-state index in [2.05, 4.69) is 0 Å². The third-order valence-electron chi connectivity index (χ3n) is 2.44. The number of hydrogen-bond acceptors (Lipinski definition) is 2. The summed E-state index contributed by atoms with van der Waals surface area (Å²) in [5, 5.41) is 10.3. The van der Waals surface area contributed by atoms with Crippen molar-refractivity contribution in [2.45, 2.75) is 6.92 Å². The number of fused-ring (bicyclic) bond motifs is 1. The number of benzene rings is 1. The average Bonchev–Trinajstić information content (AvgIpc) is 2.14. The number of nitrogens with zero attached hydrogens (tertiary/aromatic N) is 1. The quantitative estimate of drug-likeness (QED) is 0.683. The van der Waals surface area contributed by atoms with Gasteiger partial charge in [-0.3, -0.25) is 4.79 Å². The molecule has 3 heteroatoms. The van der Waals surface area contributed by atoms with Gasteiger partial charge in [-0.05, 0) is 18.6 Å². The lowest BCUT2D eigenvalue weighted by atomic mass is 10.1. The molecule has 14 heavy (non-hydrogen) atoms. The first kappa shape index (κ1) is 8.81. The summed E-state index contributed by atoms with van der Waals surface area (Å²) < 4.78 is 1.55. The fraction of sp³-hybridized carbons (Fsp3) is 0.182. The van der Waals surface area contributed by atoms with Crippen LogP contribution in [0.25, 0.3) is 10.9 Å². The predicted molar refractivity (Wildman–Crippen MR) is 55.6 cm³/mol. The molecule has 1 aromatic carbocycles. The second kappa shape index (κ2) is 2.87. The van der Waals surface area contributed by atoms with E-state index in [1.165, 1.54) is 6.07 Å². The fourth-order valence-corrected chi connectivity index (χ4v) is 1.71. The van der Waals surface area contributed by atoms with E-state index in [-0.39, 0.29) is 11.3 Å². The van der Waals surface area contributed by atoms with Crippen LogP contribution < -0.4 is 5.56 Å². The first-order chi connectivity index (χ1) is 6.61. The zero-order valence-corrected chi connectivity index (χ0v) is 8.11. The van der Waals surface area contributed by atoms with Crippen LogP contribution >= 0.6 is 0 Å². The smallest absolute Gasteiger partial charge is 0.254 e. The Labute approximate surface area is 81.2 Å². The third-order valence-corrected chi connectivity index (χ3v) is 2.44. The van der Waals surface area contributed by atoms with Crippen LogP contribution in [0.3, 0.4) is 0 Å².